The molecule has 2 fully saturated rings. The Morgan fingerprint density at radius 2 is 1.74 bits per heavy atom. The quantitative estimate of drug-likeness (QED) is 0.0875. The van der Waals surface area contributed by atoms with Crippen molar-refractivity contribution in [3.63, 3.8) is 0 Å². The predicted octanol–water partition coefficient (Wildman–Crippen LogP) is 3.54. The number of piperidine rings is 1. The Bertz CT molecular complexity index is 1980. The average Bonchev–Trinajstić information content (AvgIpc) is 3.52. The fourth-order valence-corrected chi connectivity index (χ4v) is 7.69. The number of hydrogen-bond donors (Lipinski definition) is 5. The fourth-order valence-electron chi connectivity index (χ4n) is 7.53. The molecule has 5 amide bonds. The molecule has 6 N–H and O–H groups in total. The molecule has 1 aromatic heterocycles. The molecular weight excluding hydrogens is 773 g/mol. The average molecular weight is 822 g/mol. The molecule has 3 aliphatic rings. The summed E-state index contributed by atoms with van der Waals surface area (Å²) in [6.45, 7) is 3.01. The van der Waals surface area contributed by atoms with E-state index in [1.165, 1.54) is 11.0 Å². The normalized spacial score (nSPS) is 20.4. The Labute approximate surface area is 340 Å². The van der Waals surface area contributed by atoms with Gasteiger partial charge in [0.25, 0.3) is 5.91 Å². The summed E-state index contributed by atoms with van der Waals surface area (Å²) in [4.78, 5) is 68.8. The number of nitrogen functional groups attached to an aromatic ring is 1. The standard InChI is InChI=1S/C41H49ClFN7O8/c42-31-4-2-5-33(37(31)43)58-29-11-14-41(15-12-29,24-28-3-1-6-34(44)47-28)40(55)46-17-16-45-18-20-57-22-21-56-19-13-36(52)48-27-7-8-30-26(23-27)25-50(39(30)54)32-9-10-35(51)49-38(32)53/h1-8,23,29,32,45H,9-22,24-25H2,(H2,44,47)(H,46,55)(H,48,52)(H,49,51,53). The van der Waals surface area contributed by atoms with Crippen molar-refractivity contribution in [1.82, 2.24) is 25.8 Å². The first-order valence-corrected chi connectivity index (χ1v) is 19.9. The first-order valence-electron chi connectivity index (χ1n) is 19.6. The highest BCUT2D eigenvalue weighted by Crippen LogP contribution is 2.41. The maximum Gasteiger partial charge on any atom is 0.255 e. The number of ether oxygens (including phenoxy) is 3. The van der Waals surface area contributed by atoms with Crippen molar-refractivity contribution in [2.45, 2.75) is 70.1 Å². The van der Waals surface area contributed by atoms with E-state index < -0.39 is 23.2 Å². The summed E-state index contributed by atoms with van der Waals surface area (Å²) in [5.41, 5.74) is 7.65. The fraction of sp³-hybridized carbons (Fsp3) is 0.463. The molecule has 17 heteroatoms. The maximum atomic E-state index is 14.5. The third-order valence-corrected chi connectivity index (χ3v) is 10.9. The summed E-state index contributed by atoms with van der Waals surface area (Å²) in [6.07, 6.45) is 2.93. The van der Waals surface area contributed by atoms with E-state index in [4.69, 9.17) is 31.5 Å². The number of amides is 5. The van der Waals surface area contributed by atoms with Crippen LogP contribution in [0.3, 0.4) is 0 Å². The van der Waals surface area contributed by atoms with Gasteiger partial charge in [0, 0.05) is 56.0 Å². The van der Waals surface area contributed by atoms with Crippen molar-refractivity contribution < 1.29 is 42.6 Å². The van der Waals surface area contributed by atoms with Gasteiger partial charge in [0.05, 0.1) is 49.4 Å². The van der Waals surface area contributed by atoms with E-state index in [0.717, 1.165) is 5.69 Å². The van der Waals surface area contributed by atoms with Crippen molar-refractivity contribution >= 4 is 52.6 Å². The van der Waals surface area contributed by atoms with Crippen molar-refractivity contribution in [2.75, 3.05) is 57.1 Å². The van der Waals surface area contributed by atoms with Crippen LogP contribution in [-0.2, 0) is 41.6 Å². The van der Waals surface area contributed by atoms with Crippen LogP contribution in [0.5, 0.6) is 5.75 Å². The van der Waals surface area contributed by atoms with Gasteiger partial charge in [0.1, 0.15) is 11.9 Å². The van der Waals surface area contributed by atoms with Gasteiger partial charge in [-0.2, -0.15) is 0 Å². The molecule has 0 bridgehead atoms. The molecule has 3 heterocycles. The van der Waals surface area contributed by atoms with Gasteiger partial charge in [-0.15, -0.1) is 0 Å². The SMILES string of the molecule is Nc1cccc(CC2(C(=O)NCCNCCOCCOCCC(=O)Nc3ccc4c(c3)CN(C3CCC(=O)NC3=O)C4=O)CCC(Oc3cccc(Cl)c3F)CC2)n1. The second-order valence-corrected chi connectivity index (χ2v) is 15.1. The number of pyridine rings is 1. The van der Waals surface area contributed by atoms with E-state index in [-0.39, 0.29) is 72.9 Å². The van der Waals surface area contributed by atoms with E-state index in [1.54, 1.807) is 36.4 Å². The van der Waals surface area contributed by atoms with Crippen LogP contribution < -0.4 is 31.7 Å². The highest BCUT2D eigenvalue weighted by molar-refractivity contribution is 6.30. The molecule has 3 aromatic rings. The van der Waals surface area contributed by atoms with Crippen LogP contribution in [0.4, 0.5) is 15.9 Å². The monoisotopic (exact) mass is 821 g/mol. The maximum absolute atomic E-state index is 14.5. The summed E-state index contributed by atoms with van der Waals surface area (Å²) in [5, 5.41) is 11.4. The molecular formula is C41H49ClFN7O8. The third-order valence-electron chi connectivity index (χ3n) is 10.6. The van der Waals surface area contributed by atoms with Crippen molar-refractivity contribution in [1.29, 1.82) is 0 Å². The van der Waals surface area contributed by atoms with Gasteiger partial charge in [-0.3, -0.25) is 29.3 Å². The number of carbonyl (C=O) groups is 5. The second-order valence-electron chi connectivity index (χ2n) is 14.7. The molecule has 2 aliphatic heterocycles. The highest BCUT2D eigenvalue weighted by atomic mass is 35.5. The number of nitrogens with one attached hydrogen (secondary N) is 4. The van der Waals surface area contributed by atoms with E-state index in [0.29, 0.717) is 94.2 Å². The Hall–Kier alpha value is -5.16. The molecule has 0 spiro atoms. The summed E-state index contributed by atoms with van der Waals surface area (Å²) in [6, 6.07) is 14.4. The van der Waals surface area contributed by atoms with Gasteiger partial charge in [0.2, 0.25) is 23.6 Å². The lowest BCUT2D eigenvalue weighted by Gasteiger charge is -2.39. The lowest BCUT2D eigenvalue weighted by atomic mass is 9.69. The molecule has 0 radical (unpaired) electrons. The van der Waals surface area contributed by atoms with E-state index in [9.17, 15) is 28.4 Å². The Morgan fingerprint density at radius 3 is 2.52 bits per heavy atom. The summed E-state index contributed by atoms with van der Waals surface area (Å²) < 4.78 is 31.6. The number of nitrogens with zero attached hydrogens (tertiary/aromatic N) is 2. The number of imide groups is 1. The molecule has 1 aliphatic carbocycles. The minimum atomic E-state index is -0.718. The molecule has 1 atom stereocenters. The largest absolute Gasteiger partial charge is 0.487 e. The van der Waals surface area contributed by atoms with Gasteiger partial charge in [-0.1, -0.05) is 23.7 Å². The lowest BCUT2D eigenvalue weighted by molar-refractivity contribution is -0.137. The number of carbonyl (C=O) groups excluding carboxylic acids is 5. The zero-order valence-electron chi connectivity index (χ0n) is 32.2. The molecule has 1 saturated heterocycles. The third kappa shape index (κ3) is 11.1. The zero-order chi connectivity index (χ0) is 41.1. The summed E-state index contributed by atoms with van der Waals surface area (Å²) >= 11 is 5.93. The smallest absolute Gasteiger partial charge is 0.255 e. The Balaban J connectivity index is 0.829. The highest BCUT2D eigenvalue weighted by Gasteiger charge is 2.43. The molecule has 6 rings (SSSR count). The Kier molecular flexibility index (Phi) is 14.6. The number of hydrogen-bond acceptors (Lipinski definition) is 11. The first kappa shape index (κ1) is 42.4. The molecule has 1 saturated carbocycles. The minimum Gasteiger partial charge on any atom is -0.487 e. The molecule has 310 valence electrons. The number of rotatable bonds is 19. The van der Waals surface area contributed by atoms with Crippen LogP contribution in [0.25, 0.3) is 0 Å². The van der Waals surface area contributed by atoms with Crippen LogP contribution in [0.2, 0.25) is 5.02 Å². The zero-order valence-corrected chi connectivity index (χ0v) is 32.9. The number of fused-ring (bicyclic) bond motifs is 1. The molecule has 2 aromatic carbocycles. The predicted molar refractivity (Wildman–Crippen MR) is 212 cm³/mol. The number of aromatic nitrogens is 1. The van der Waals surface area contributed by atoms with Gasteiger partial charge in [0.15, 0.2) is 11.6 Å². The molecule has 58 heavy (non-hydrogen) atoms. The van der Waals surface area contributed by atoms with E-state index in [2.05, 4.69) is 26.3 Å². The topological polar surface area (TPSA) is 203 Å². The first-order chi connectivity index (χ1) is 28.0. The summed E-state index contributed by atoms with van der Waals surface area (Å²) in [7, 11) is 0. The summed E-state index contributed by atoms with van der Waals surface area (Å²) in [5.74, 6) is -1.51. The van der Waals surface area contributed by atoms with Gasteiger partial charge < -0.3 is 40.8 Å². The molecule has 1 unspecified atom stereocenters. The van der Waals surface area contributed by atoms with Crippen molar-refractivity contribution in [3.8, 4) is 5.75 Å². The van der Waals surface area contributed by atoms with Crippen LogP contribution >= 0.6 is 11.6 Å². The molecule has 15 nitrogen and oxygen atoms in total. The van der Waals surface area contributed by atoms with Crippen LogP contribution in [0.15, 0.2) is 54.6 Å². The minimum absolute atomic E-state index is 0.000980. The van der Waals surface area contributed by atoms with Crippen LogP contribution in [0.1, 0.15) is 66.6 Å². The lowest BCUT2D eigenvalue weighted by Crippen LogP contribution is -2.52. The number of anilines is 2. The van der Waals surface area contributed by atoms with E-state index >= 15 is 0 Å². The number of halogens is 2. The van der Waals surface area contributed by atoms with Crippen molar-refractivity contribution in [2.24, 2.45) is 5.41 Å². The number of nitrogens with two attached hydrogens (primary N) is 1. The van der Waals surface area contributed by atoms with E-state index in [1.807, 2.05) is 12.1 Å². The second kappa shape index (κ2) is 20.0. The van der Waals surface area contributed by atoms with Crippen LogP contribution in [0, 0.1) is 11.2 Å². The van der Waals surface area contributed by atoms with Gasteiger partial charge >= 0.3 is 0 Å². The van der Waals surface area contributed by atoms with Crippen LogP contribution in [-0.4, -0.2) is 97.6 Å². The Morgan fingerprint density at radius 1 is 0.966 bits per heavy atom. The van der Waals surface area contributed by atoms with Crippen molar-refractivity contribution in [3.05, 3.63) is 82.3 Å². The number of benzene rings is 2. The van der Waals surface area contributed by atoms with Gasteiger partial charge in [-0.25, -0.2) is 9.37 Å². The van der Waals surface area contributed by atoms with Gasteiger partial charge in [-0.05, 0) is 80.1 Å².